The van der Waals surface area contributed by atoms with Gasteiger partial charge in [-0.1, -0.05) is 66.2 Å². The molecule has 0 spiro atoms. The number of carbonyl (C=O) groups excluding carboxylic acids is 2. The number of hydrogen-bond donors (Lipinski definition) is 0. The summed E-state index contributed by atoms with van der Waals surface area (Å²) in [5.41, 5.74) is 0. The van der Waals surface area contributed by atoms with Gasteiger partial charge in [0.2, 0.25) is 0 Å². The molecular formula is C27H52O6. The lowest BCUT2D eigenvalue weighted by atomic mass is 10.0. The van der Waals surface area contributed by atoms with Crippen LogP contribution in [0.25, 0.3) is 0 Å². The zero-order valence-corrected chi connectivity index (χ0v) is 22.5. The number of ether oxygens (including phenoxy) is 4. The molecule has 3 atom stereocenters. The zero-order valence-electron chi connectivity index (χ0n) is 22.5. The Morgan fingerprint density at radius 2 is 1.00 bits per heavy atom. The molecule has 0 aromatic carbocycles. The van der Waals surface area contributed by atoms with Gasteiger partial charge in [0.1, 0.15) is 12.7 Å². The van der Waals surface area contributed by atoms with Crippen LogP contribution in [0.5, 0.6) is 0 Å². The number of unbranched alkanes of at least 4 members (excludes halogenated alkanes) is 4. The normalized spacial score (nSPS) is 14.3. The first kappa shape index (κ1) is 31.9. The minimum absolute atomic E-state index is 0.138. The summed E-state index contributed by atoms with van der Waals surface area (Å²) in [7, 11) is 0. The Bertz CT molecular complexity index is 491. The third-order valence-electron chi connectivity index (χ3n) is 5.37. The van der Waals surface area contributed by atoms with E-state index in [0.717, 1.165) is 32.1 Å². The molecule has 0 amide bonds. The van der Waals surface area contributed by atoms with Gasteiger partial charge in [0.15, 0.2) is 0 Å². The van der Waals surface area contributed by atoms with Crippen molar-refractivity contribution in [2.75, 3.05) is 19.8 Å². The molecule has 0 bridgehead atoms. The lowest BCUT2D eigenvalue weighted by Crippen LogP contribution is -2.28. The van der Waals surface area contributed by atoms with E-state index in [9.17, 15) is 9.59 Å². The Labute approximate surface area is 203 Å². The molecule has 6 nitrogen and oxygen atoms in total. The van der Waals surface area contributed by atoms with Crippen molar-refractivity contribution in [3.05, 3.63) is 0 Å². The van der Waals surface area contributed by atoms with Gasteiger partial charge in [0.05, 0.1) is 25.4 Å². The van der Waals surface area contributed by atoms with Crippen molar-refractivity contribution >= 4 is 11.9 Å². The fourth-order valence-electron chi connectivity index (χ4n) is 3.29. The second-order valence-corrected chi connectivity index (χ2v) is 10.3. The van der Waals surface area contributed by atoms with E-state index in [1.807, 2.05) is 20.8 Å². The average molecular weight is 473 g/mol. The summed E-state index contributed by atoms with van der Waals surface area (Å²) in [4.78, 5) is 23.7. The van der Waals surface area contributed by atoms with Crippen molar-refractivity contribution in [3.8, 4) is 0 Å². The molecule has 0 fully saturated rings. The highest BCUT2D eigenvalue weighted by Gasteiger charge is 2.14. The van der Waals surface area contributed by atoms with Crippen LogP contribution in [-0.2, 0) is 28.5 Å². The number of hydrogen-bond acceptors (Lipinski definition) is 6. The third-order valence-corrected chi connectivity index (χ3v) is 5.37. The lowest BCUT2D eigenvalue weighted by molar-refractivity contribution is -0.154. The Balaban J connectivity index is 3.74. The maximum atomic E-state index is 11.9. The molecule has 33 heavy (non-hydrogen) atoms. The van der Waals surface area contributed by atoms with Crippen LogP contribution in [0, 0.1) is 11.8 Å². The molecule has 0 heterocycles. The van der Waals surface area contributed by atoms with Gasteiger partial charge in [-0.2, -0.15) is 0 Å². The first-order valence-electron chi connectivity index (χ1n) is 13.2. The summed E-state index contributed by atoms with van der Waals surface area (Å²) in [6.45, 7) is 15.5. The molecule has 0 N–H and O–H groups in total. The highest BCUT2D eigenvalue weighted by Crippen LogP contribution is 2.11. The monoisotopic (exact) mass is 472 g/mol. The van der Waals surface area contributed by atoms with E-state index < -0.39 is 0 Å². The third kappa shape index (κ3) is 22.4. The predicted molar refractivity (Wildman–Crippen MR) is 133 cm³/mol. The minimum atomic E-state index is -0.283. The van der Waals surface area contributed by atoms with Gasteiger partial charge < -0.3 is 18.9 Å². The molecule has 0 aliphatic rings. The minimum Gasteiger partial charge on any atom is -0.463 e. The Morgan fingerprint density at radius 1 is 0.545 bits per heavy atom. The molecule has 0 rings (SSSR count). The molecule has 196 valence electrons. The fourth-order valence-corrected chi connectivity index (χ4v) is 3.29. The first-order valence-corrected chi connectivity index (χ1v) is 13.2. The second kappa shape index (κ2) is 20.3. The molecule has 0 radical (unpaired) electrons. The zero-order chi connectivity index (χ0) is 25.1. The Hall–Kier alpha value is -1.14. The molecule has 0 aromatic heterocycles. The Kier molecular flexibility index (Phi) is 19.6. The molecule has 0 aromatic rings. The molecule has 0 aliphatic carbocycles. The standard InChI is InChI=1S/C27H52O6/c1-21(2)14-10-8-12-16-26(28)32-19-24(6)30-18-23(5)31-20-25(7)33-27(29)17-13-9-11-15-22(3)4/h21-25H,8-20H2,1-7H3. The first-order chi connectivity index (χ1) is 15.6. The van der Waals surface area contributed by atoms with Gasteiger partial charge in [0.25, 0.3) is 0 Å². The molecule has 0 aliphatic heterocycles. The smallest absolute Gasteiger partial charge is 0.306 e. The highest BCUT2D eigenvalue weighted by atomic mass is 16.6. The molecule has 3 unspecified atom stereocenters. The van der Waals surface area contributed by atoms with Gasteiger partial charge in [-0.25, -0.2) is 0 Å². The summed E-state index contributed by atoms with van der Waals surface area (Å²) in [5.74, 6) is 1.12. The van der Waals surface area contributed by atoms with Crippen molar-refractivity contribution in [3.63, 3.8) is 0 Å². The Morgan fingerprint density at radius 3 is 1.52 bits per heavy atom. The van der Waals surface area contributed by atoms with Crippen LogP contribution in [-0.4, -0.2) is 50.1 Å². The van der Waals surface area contributed by atoms with Crippen LogP contribution in [0.1, 0.15) is 113 Å². The maximum Gasteiger partial charge on any atom is 0.306 e. The summed E-state index contributed by atoms with van der Waals surface area (Å²) >= 11 is 0. The van der Waals surface area contributed by atoms with Crippen LogP contribution >= 0.6 is 0 Å². The quantitative estimate of drug-likeness (QED) is 0.141. The van der Waals surface area contributed by atoms with Crippen molar-refractivity contribution in [2.45, 2.75) is 131 Å². The van der Waals surface area contributed by atoms with Crippen LogP contribution in [0.3, 0.4) is 0 Å². The number of carbonyl (C=O) groups is 2. The van der Waals surface area contributed by atoms with Crippen LogP contribution in [0.15, 0.2) is 0 Å². The average Bonchev–Trinajstić information content (AvgIpc) is 2.73. The number of rotatable bonds is 21. The van der Waals surface area contributed by atoms with Crippen molar-refractivity contribution in [1.82, 2.24) is 0 Å². The lowest BCUT2D eigenvalue weighted by Gasteiger charge is -2.20. The topological polar surface area (TPSA) is 71.1 Å². The van der Waals surface area contributed by atoms with Gasteiger partial charge in [-0.3, -0.25) is 9.59 Å². The molecule has 0 saturated carbocycles. The van der Waals surface area contributed by atoms with Gasteiger partial charge in [0, 0.05) is 12.8 Å². The predicted octanol–water partition coefficient (Wildman–Crippen LogP) is 6.48. The van der Waals surface area contributed by atoms with E-state index in [2.05, 4.69) is 27.7 Å². The molecule has 0 saturated heterocycles. The molecular weight excluding hydrogens is 420 g/mol. The van der Waals surface area contributed by atoms with Crippen molar-refractivity contribution in [2.24, 2.45) is 11.8 Å². The largest absolute Gasteiger partial charge is 0.463 e. The number of esters is 2. The summed E-state index contributed by atoms with van der Waals surface area (Å²) in [6.07, 6.45) is 8.97. The van der Waals surface area contributed by atoms with Gasteiger partial charge in [-0.05, 0) is 45.4 Å². The summed E-state index contributed by atoms with van der Waals surface area (Å²) < 4.78 is 22.2. The second-order valence-electron chi connectivity index (χ2n) is 10.3. The van der Waals surface area contributed by atoms with Crippen LogP contribution in [0.2, 0.25) is 0 Å². The van der Waals surface area contributed by atoms with Gasteiger partial charge in [-0.15, -0.1) is 0 Å². The van der Waals surface area contributed by atoms with E-state index in [1.165, 1.54) is 19.3 Å². The van der Waals surface area contributed by atoms with Crippen molar-refractivity contribution in [1.29, 1.82) is 0 Å². The summed E-state index contributed by atoms with van der Waals surface area (Å²) in [5, 5.41) is 0. The van der Waals surface area contributed by atoms with E-state index >= 15 is 0 Å². The maximum absolute atomic E-state index is 11.9. The van der Waals surface area contributed by atoms with Crippen LogP contribution in [0.4, 0.5) is 0 Å². The molecule has 6 heteroatoms. The summed E-state index contributed by atoms with van der Waals surface area (Å²) in [6, 6.07) is 0. The van der Waals surface area contributed by atoms with Crippen LogP contribution < -0.4 is 0 Å². The van der Waals surface area contributed by atoms with Crippen molar-refractivity contribution < 1.29 is 28.5 Å². The van der Waals surface area contributed by atoms with Gasteiger partial charge >= 0.3 is 11.9 Å². The highest BCUT2D eigenvalue weighted by molar-refractivity contribution is 5.69. The SMILES string of the molecule is CC(C)CCCCCC(=O)OCC(C)OCC(C)OCC(C)OC(=O)CCCCCC(C)C. The van der Waals surface area contributed by atoms with E-state index in [0.29, 0.717) is 37.9 Å². The van der Waals surface area contributed by atoms with E-state index in [-0.39, 0.29) is 36.9 Å². The fraction of sp³-hybridized carbons (Fsp3) is 0.926. The van der Waals surface area contributed by atoms with E-state index in [4.69, 9.17) is 18.9 Å². The van der Waals surface area contributed by atoms with E-state index in [1.54, 1.807) is 0 Å².